The second-order valence-electron chi connectivity index (χ2n) is 3.83. The lowest BCUT2D eigenvalue weighted by Gasteiger charge is -2.15. The third-order valence-corrected chi connectivity index (χ3v) is 2.17. The second kappa shape index (κ2) is 3.77. The van der Waals surface area contributed by atoms with Crippen molar-refractivity contribution in [2.24, 2.45) is 5.92 Å². The molecular weight excluding hydrogens is 168 g/mol. The van der Waals surface area contributed by atoms with Gasteiger partial charge in [0.1, 0.15) is 0 Å². The van der Waals surface area contributed by atoms with Crippen molar-refractivity contribution in [3.63, 3.8) is 0 Å². The second-order valence-corrected chi connectivity index (χ2v) is 3.83. The number of nitrogens with one attached hydrogen (secondary N) is 2. The van der Waals surface area contributed by atoms with Crippen LogP contribution in [0.2, 0.25) is 0 Å². The largest absolute Gasteiger partial charge is 0.354 e. The summed E-state index contributed by atoms with van der Waals surface area (Å²) in [5, 5.41) is 5.53. The Bertz CT molecular complexity index is 226. The zero-order chi connectivity index (χ0) is 10.0. The van der Waals surface area contributed by atoms with E-state index in [4.69, 9.17) is 0 Å². The first kappa shape index (κ1) is 10.0. The van der Waals surface area contributed by atoms with Gasteiger partial charge in [0.05, 0.1) is 5.92 Å². The molecule has 4 heteroatoms. The van der Waals surface area contributed by atoms with Crippen LogP contribution >= 0.6 is 0 Å². The van der Waals surface area contributed by atoms with Crippen LogP contribution < -0.4 is 10.6 Å². The number of amides is 2. The number of hydrogen-bond donors (Lipinski definition) is 2. The molecule has 1 heterocycles. The number of carbonyl (C=O) groups excluding carboxylic acids is 2. The molecule has 0 aliphatic carbocycles. The van der Waals surface area contributed by atoms with Gasteiger partial charge in [-0.2, -0.15) is 0 Å². The molecule has 74 valence electrons. The molecule has 0 saturated carbocycles. The van der Waals surface area contributed by atoms with Gasteiger partial charge in [-0.05, 0) is 20.8 Å². The molecule has 0 bridgehead atoms. The van der Waals surface area contributed by atoms with Gasteiger partial charge >= 0.3 is 0 Å². The molecule has 2 amide bonds. The highest BCUT2D eigenvalue weighted by Crippen LogP contribution is 2.16. The van der Waals surface area contributed by atoms with Crippen LogP contribution in [-0.4, -0.2) is 23.9 Å². The van der Waals surface area contributed by atoms with Crippen molar-refractivity contribution in [3.8, 4) is 0 Å². The van der Waals surface area contributed by atoms with Crippen LogP contribution in [0.25, 0.3) is 0 Å². The van der Waals surface area contributed by atoms with E-state index in [2.05, 4.69) is 10.6 Å². The molecule has 0 aromatic carbocycles. The van der Waals surface area contributed by atoms with Gasteiger partial charge in [-0.25, -0.2) is 0 Å². The average molecular weight is 184 g/mol. The van der Waals surface area contributed by atoms with E-state index in [9.17, 15) is 9.59 Å². The average Bonchev–Trinajstić information content (AvgIpc) is 2.28. The zero-order valence-electron chi connectivity index (χ0n) is 8.26. The Kier molecular flexibility index (Phi) is 2.90. The number of hydrogen-bond acceptors (Lipinski definition) is 2. The molecule has 13 heavy (non-hydrogen) atoms. The first-order valence-electron chi connectivity index (χ1n) is 4.60. The van der Waals surface area contributed by atoms with Gasteiger partial charge in [-0.15, -0.1) is 0 Å². The van der Waals surface area contributed by atoms with Crippen molar-refractivity contribution in [1.29, 1.82) is 0 Å². The van der Waals surface area contributed by atoms with E-state index in [1.54, 1.807) is 0 Å². The fraction of sp³-hybridized carbons (Fsp3) is 0.778. The molecule has 1 aliphatic heterocycles. The van der Waals surface area contributed by atoms with Crippen molar-refractivity contribution in [3.05, 3.63) is 0 Å². The van der Waals surface area contributed by atoms with Gasteiger partial charge in [0.25, 0.3) is 0 Å². The van der Waals surface area contributed by atoms with Gasteiger partial charge in [0.15, 0.2) is 0 Å². The minimum absolute atomic E-state index is 0.0270. The molecule has 0 aromatic heterocycles. The van der Waals surface area contributed by atoms with E-state index in [0.29, 0.717) is 6.42 Å². The summed E-state index contributed by atoms with van der Waals surface area (Å²) in [5.41, 5.74) is 0. The van der Waals surface area contributed by atoms with E-state index in [1.807, 2.05) is 20.8 Å². The highest BCUT2D eigenvalue weighted by Gasteiger charge is 2.34. The topological polar surface area (TPSA) is 58.2 Å². The minimum atomic E-state index is -0.199. The van der Waals surface area contributed by atoms with Crippen molar-refractivity contribution in [1.82, 2.24) is 10.6 Å². The first-order chi connectivity index (χ1) is 6.00. The molecule has 1 saturated heterocycles. The quantitative estimate of drug-likeness (QED) is 0.636. The van der Waals surface area contributed by atoms with Crippen LogP contribution in [0.1, 0.15) is 27.2 Å². The van der Waals surface area contributed by atoms with Gasteiger partial charge < -0.3 is 10.6 Å². The van der Waals surface area contributed by atoms with Crippen LogP contribution in [-0.2, 0) is 9.59 Å². The molecule has 0 aromatic rings. The predicted octanol–water partition coefficient (Wildman–Crippen LogP) is 0.0356. The fourth-order valence-electron chi connectivity index (χ4n) is 1.50. The van der Waals surface area contributed by atoms with E-state index in [-0.39, 0.29) is 29.8 Å². The van der Waals surface area contributed by atoms with Crippen LogP contribution in [0.5, 0.6) is 0 Å². The molecule has 4 nitrogen and oxygen atoms in total. The van der Waals surface area contributed by atoms with Crippen molar-refractivity contribution < 1.29 is 9.59 Å². The van der Waals surface area contributed by atoms with Gasteiger partial charge in [-0.1, -0.05) is 0 Å². The van der Waals surface area contributed by atoms with E-state index < -0.39 is 0 Å². The molecule has 0 radical (unpaired) electrons. The zero-order valence-corrected chi connectivity index (χ0v) is 8.26. The van der Waals surface area contributed by atoms with Crippen LogP contribution in [0.3, 0.4) is 0 Å². The summed E-state index contributed by atoms with van der Waals surface area (Å²) in [6.07, 6.45) is 0.319. The molecule has 0 spiro atoms. The number of rotatable bonds is 2. The Hall–Kier alpha value is -1.06. The Morgan fingerprint density at radius 1 is 1.62 bits per heavy atom. The van der Waals surface area contributed by atoms with Crippen molar-refractivity contribution in [2.45, 2.75) is 39.3 Å². The third kappa shape index (κ3) is 2.44. The number of carbonyl (C=O) groups is 2. The maximum atomic E-state index is 11.5. The Morgan fingerprint density at radius 3 is 2.62 bits per heavy atom. The molecule has 1 rings (SSSR count). The maximum Gasteiger partial charge on any atom is 0.225 e. The van der Waals surface area contributed by atoms with E-state index in [1.165, 1.54) is 0 Å². The standard InChI is InChI=1S/C9H16N2O2/c1-5(2)10-9(13)7-4-8(12)11-6(7)3/h5-7H,4H2,1-3H3,(H,10,13)(H,11,12). The third-order valence-electron chi connectivity index (χ3n) is 2.17. The molecule has 2 unspecified atom stereocenters. The summed E-state index contributed by atoms with van der Waals surface area (Å²) in [6.45, 7) is 5.68. The van der Waals surface area contributed by atoms with E-state index >= 15 is 0 Å². The Labute approximate surface area is 78.1 Å². The van der Waals surface area contributed by atoms with Gasteiger partial charge in [0, 0.05) is 18.5 Å². The van der Waals surface area contributed by atoms with Crippen molar-refractivity contribution in [2.75, 3.05) is 0 Å². The highest BCUT2D eigenvalue weighted by atomic mass is 16.2. The first-order valence-corrected chi connectivity index (χ1v) is 4.60. The summed E-state index contributed by atoms with van der Waals surface area (Å²) in [4.78, 5) is 22.5. The summed E-state index contributed by atoms with van der Waals surface area (Å²) in [5.74, 6) is -0.257. The lowest BCUT2D eigenvalue weighted by atomic mass is 10.0. The SMILES string of the molecule is CC(C)NC(=O)C1CC(=O)NC1C. The molecular formula is C9H16N2O2. The van der Waals surface area contributed by atoms with Crippen molar-refractivity contribution >= 4 is 11.8 Å². The molecule has 1 aliphatic rings. The fourth-order valence-corrected chi connectivity index (χ4v) is 1.50. The maximum absolute atomic E-state index is 11.5. The lowest BCUT2D eigenvalue weighted by molar-refractivity contribution is -0.127. The van der Waals surface area contributed by atoms with E-state index in [0.717, 1.165) is 0 Å². The monoisotopic (exact) mass is 184 g/mol. The van der Waals surface area contributed by atoms with Gasteiger partial charge in [-0.3, -0.25) is 9.59 Å². The summed E-state index contributed by atoms with van der Waals surface area (Å²) >= 11 is 0. The summed E-state index contributed by atoms with van der Waals surface area (Å²) in [7, 11) is 0. The normalized spacial score (nSPS) is 27.5. The van der Waals surface area contributed by atoms with Crippen LogP contribution in [0, 0.1) is 5.92 Å². The highest BCUT2D eigenvalue weighted by molar-refractivity contribution is 5.89. The van der Waals surface area contributed by atoms with Crippen LogP contribution in [0.15, 0.2) is 0 Å². The summed E-state index contributed by atoms with van der Waals surface area (Å²) in [6, 6.07) is 0.0988. The molecule has 1 fully saturated rings. The molecule has 2 N–H and O–H groups in total. The molecule has 2 atom stereocenters. The predicted molar refractivity (Wildman–Crippen MR) is 49.0 cm³/mol. The Morgan fingerprint density at radius 2 is 2.23 bits per heavy atom. The Balaban J connectivity index is 2.52. The van der Waals surface area contributed by atoms with Crippen LogP contribution in [0.4, 0.5) is 0 Å². The smallest absolute Gasteiger partial charge is 0.225 e. The van der Waals surface area contributed by atoms with Gasteiger partial charge in [0.2, 0.25) is 11.8 Å². The lowest BCUT2D eigenvalue weighted by Crippen LogP contribution is -2.39. The summed E-state index contributed by atoms with van der Waals surface area (Å²) < 4.78 is 0. The minimum Gasteiger partial charge on any atom is -0.354 e.